The van der Waals surface area contributed by atoms with Crippen LogP contribution in [-0.2, 0) is 20.7 Å². The van der Waals surface area contributed by atoms with E-state index >= 15 is 0 Å². The number of nitrogens with zero attached hydrogens (tertiary/aromatic N) is 3. The minimum Gasteiger partial charge on any atom is -0.508 e. The van der Waals surface area contributed by atoms with Crippen LogP contribution in [0.2, 0.25) is 0 Å². The molecule has 3 N–H and O–H groups in total. The molecular weight excluding hydrogens is 472 g/mol. The number of aryl methyl sites for hydroxylation is 1. The number of phenols is 2. The van der Waals surface area contributed by atoms with Gasteiger partial charge in [-0.2, -0.15) is 0 Å². The summed E-state index contributed by atoms with van der Waals surface area (Å²) in [5.41, 5.74) is 1.88. The van der Waals surface area contributed by atoms with Gasteiger partial charge in [0.2, 0.25) is 5.91 Å². The Balaban J connectivity index is 1.53. The molecule has 0 spiro atoms. The average molecular weight is 503 g/mol. The number of benzene rings is 2. The maximum atomic E-state index is 10.7. The molecule has 0 fully saturated rings. The highest BCUT2D eigenvalue weighted by Crippen LogP contribution is 2.36. The monoisotopic (exact) mass is 502 g/mol. The highest BCUT2D eigenvalue weighted by atomic mass is 32.1. The maximum Gasteiger partial charge on any atom is 0.216 e. The topological polar surface area (TPSA) is 128 Å². The number of nitrogens with one attached hydrogen (secondary N) is 1. The lowest BCUT2D eigenvalue weighted by atomic mass is 10.1. The second-order valence-electron chi connectivity index (χ2n) is 7.56. The summed E-state index contributed by atoms with van der Waals surface area (Å²) in [7, 11) is 0. The van der Waals surface area contributed by atoms with Gasteiger partial charge in [-0.05, 0) is 42.3 Å². The van der Waals surface area contributed by atoms with Gasteiger partial charge in [0.05, 0.1) is 32.0 Å². The number of ether oxygens (including phenoxy) is 3. The zero-order chi connectivity index (χ0) is 25.2. The van der Waals surface area contributed by atoms with E-state index in [-0.39, 0.29) is 17.4 Å². The first kappa shape index (κ1) is 26.3. The lowest BCUT2D eigenvalue weighted by molar-refractivity contribution is -0.119. The maximum absolute atomic E-state index is 10.7. The van der Waals surface area contributed by atoms with E-state index in [4.69, 9.17) is 14.2 Å². The SMILES string of the molecule is CCc1cc(-c2nnc(S)n2-c2ccc(OCCOCCOCCNC(C)=O)cc2)c(O)cc1O. The van der Waals surface area contributed by atoms with Gasteiger partial charge in [-0.25, -0.2) is 0 Å². The van der Waals surface area contributed by atoms with Gasteiger partial charge in [0, 0.05) is 25.2 Å². The summed E-state index contributed by atoms with van der Waals surface area (Å²) in [6, 6.07) is 10.3. The van der Waals surface area contributed by atoms with Crippen LogP contribution in [0.5, 0.6) is 17.2 Å². The second-order valence-corrected chi connectivity index (χ2v) is 7.96. The lowest BCUT2D eigenvalue weighted by Crippen LogP contribution is -2.25. The van der Waals surface area contributed by atoms with Gasteiger partial charge in [0.25, 0.3) is 0 Å². The van der Waals surface area contributed by atoms with Crippen LogP contribution in [0.1, 0.15) is 19.4 Å². The third-order valence-corrected chi connectivity index (χ3v) is 5.34. The minimum atomic E-state index is -0.0974. The van der Waals surface area contributed by atoms with E-state index in [9.17, 15) is 15.0 Å². The second kappa shape index (κ2) is 13.0. The molecule has 0 aliphatic rings. The van der Waals surface area contributed by atoms with Crippen molar-refractivity contribution in [1.29, 1.82) is 0 Å². The van der Waals surface area contributed by atoms with Crippen LogP contribution < -0.4 is 10.1 Å². The molecule has 1 aromatic heterocycles. The Bertz CT molecular complexity index is 1120. The Morgan fingerprint density at radius 2 is 1.69 bits per heavy atom. The van der Waals surface area contributed by atoms with Crippen molar-refractivity contribution >= 4 is 18.5 Å². The number of hydrogen-bond acceptors (Lipinski definition) is 9. The fourth-order valence-corrected chi connectivity index (χ4v) is 3.56. The van der Waals surface area contributed by atoms with Crippen molar-refractivity contribution in [2.45, 2.75) is 25.4 Å². The van der Waals surface area contributed by atoms with E-state index < -0.39 is 0 Å². The van der Waals surface area contributed by atoms with Gasteiger partial charge in [0.1, 0.15) is 23.9 Å². The zero-order valence-electron chi connectivity index (χ0n) is 19.7. The normalized spacial score (nSPS) is 10.9. The van der Waals surface area contributed by atoms with E-state index in [1.807, 2.05) is 31.2 Å². The third kappa shape index (κ3) is 7.35. The number of aromatic nitrogens is 3. The molecular formula is C24H30N4O6S. The van der Waals surface area contributed by atoms with Crippen molar-refractivity contribution in [2.24, 2.45) is 0 Å². The van der Waals surface area contributed by atoms with E-state index in [1.54, 1.807) is 10.6 Å². The Morgan fingerprint density at radius 3 is 2.37 bits per heavy atom. The Labute approximate surface area is 209 Å². The standard InChI is InChI=1S/C24H30N4O6S/c1-3-17-14-20(22(31)15-21(17)30)23-26-27-24(35)28(23)18-4-6-19(7-5-18)34-13-12-33-11-10-32-9-8-25-16(2)29/h4-7,14-15,30-31H,3,8-13H2,1-2H3,(H,25,29)(H,27,35). The summed E-state index contributed by atoms with van der Waals surface area (Å²) in [5.74, 6) is 0.930. The zero-order valence-corrected chi connectivity index (χ0v) is 20.6. The largest absolute Gasteiger partial charge is 0.508 e. The van der Waals surface area contributed by atoms with Crippen molar-refractivity contribution in [3.63, 3.8) is 0 Å². The predicted molar refractivity (Wildman–Crippen MR) is 133 cm³/mol. The molecule has 0 radical (unpaired) electrons. The molecule has 10 nitrogen and oxygen atoms in total. The molecule has 0 aliphatic heterocycles. The van der Waals surface area contributed by atoms with Crippen molar-refractivity contribution in [1.82, 2.24) is 20.1 Å². The Hall–Kier alpha value is -3.28. The smallest absolute Gasteiger partial charge is 0.216 e. The first-order valence-electron chi connectivity index (χ1n) is 11.2. The van der Waals surface area contributed by atoms with Gasteiger partial charge in [-0.3, -0.25) is 9.36 Å². The van der Waals surface area contributed by atoms with Crippen molar-refractivity contribution in [3.8, 4) is 34.3 Å². The van der Waals surface area contributed by atoms with Gasteiger partial charge < -0.3 is 29.7 Å². The number of carbonyl (C=O) groups excluding carboxylic acids is 1. The molecule has 188 valence electrons. The van der Waals surface area contributed by atoms with Crippen LogP contribution in [0.4, 0.5) is 0 Å². The summed E-state index contributed by atoms with van der Waals surface area (Å²) in [6.07, 6.45) is 0.600. The highest BCUT2D eigenvalue weighted by Gasteiger charge is 2.18. The molecule has 2 aromatic carbocycles. The number of amides is 1. The van der Waals surface area contributed by atoms with Crippen LogP contribution in [0.3, 0.4) is 0 Å². The first-order valence-corrected chi connectivity index (χ1v) is 11.7. The van der Waals surface area contributed by atoms with E-state index in [0.29, 0.717) is 73.9 Å². The molecule has 3 rings (SSSR count). The molecule has 0 unspecified atom stereocenters. The molecule has 1 heterocycles. The Kier molecular flexibility index (Phi) is 9.76. The fourth-order valence-electron chi connectivity index (χ4n) is 3.30. The third-order valence-electron chi connectivity index (χ3n) is 5.05. The van der Waals surface area contributed by atoms with Crippen LogP contribution in [0.25, 0.3) is 17.1 Å². The predicted octanol–water partition coefficient (Wildman–Crippen LogP) is 2.74. The summed E-state index contributed by atoms with van der Waals surface area (Å²) in [4.78, 5) is 10.7. The Morgan fingerprint density at radius 1 is 1.00 bits per heavy atom. The molecule has 0 saturated heterocycles. The fraction of sp³-hybridized carbons (Fsp3) is 0.375. The molecule has 0 aliphatic carbocycles. The molecule has 11 heteroatoms. The molecule has 0 saturated carbocycles. The molecule has 0 bridgehead atoms. The number of carbonyl (C=O) groups is 1. The van der Waals surface area contributed by atoms with Crippen LogP contribution in [-0.4, -0.2) is 70.5 Å². The molecule has 35 heavy (non-hydrogen) atoms. The minimum absolute atomic E-state index is 0.0332. The first-order chi connectivity index (χ1) is 16.9. The van der Waals surface area contributed by atoms with Gasteiger partial charge in [0.15, 0.2) is 11.0 Å². The lowest BCUT2D eigenvalue weighted by Gasteiger charge is -2.12. The van der Waals surface area contributed by atoms with Crippen molar-refractivity contribution < 1.29 is 29.2 Å². The molecule has 3 aromatic rings. The quantitative estimate of drug-likeness (QED) is 0.208. The van der Waals surface area contributed by atoms with Crippen LogP contribution in [0, 0.1) is 0 Å². The highest BCUT2D eigenvalue weighted by molar-refractivity contribution is 7.80. The van der Waals surface area contributed by atoms with Gasteiger partial charge >= 0.3 is 0 Å². The number of thiol groups is 1. The van der Waals surface area contributed by atoms with Crippen molar-refractivity contribution in [3.05, 3.63) is 42.0 Å². The van der Waals surface area contributed by atoms with Gasteiger partial charge in [-0.15, -0.1) is 22.8 Å². The van der Waals surface area contributed by atoms with E-state index in [1.165, 1.54) is 13.0 Å². The summed E-state index contributed by atoms with van der Waals surface area (Å²) in [6.45, 7) is 5.97. The summed E-state index contributed by atoms with van der Waals surface area (Å²) in [5, 5.41) is 31.6. The molecule has 0 atom stereocenters. The van der Waals surface area contributed by atoms with E-state index in [0.717, 1.165) is 5.69 Å². The van der Waals surface area contributed by atoms with Crippen molar-refractivity contribution in [2.75, 3.05) is 39.6 Å². The number of rotatable bonds is 13. The van der Waals surface area contributed by atoms with E-state index in [2.05, 4.69) is 28.1 Å². The summed E-state index contributed by atoms with van der Waals surface area (Å²) >= 11 is 4.42. The van der Waals surface area contributed by atoms with Crippen LogP contribution in [0.15, 0.2) is 41.6 Å². The summed E-state index contributed by atoms with van der Waals surface area (Å²) < 4.78 is 18.2. The number of hydrogen-bond donors (Lipinski definition) is 4. The average Bonchev–Trinajstić information content (AvgIpc) is 3.21. The van der Waals surface area contributed by atoms with Gasteiger partial charge in [-0.1, -0.05) is 6.92 Å². The van der Waals surface area contributed by atoms with Crippen LogP contribution >= 0.6 is 12.6 Å². The number of aromatic hydroxyl groups is 2. The molecule has 1 amide bonds. The number of phenolic OH excluding ortho intramolecular Hbond substituents is 2.